The second-order valence-corrected chi connectivity index (χ2v) is 12.5. The number of sulfonamides is 1. The summed E-state index contributed by atoms with van der Waals surface area (Å²) >= 11 is 1.76. The van der Waals surface area contributed by atoms with E-state index in [0.29, 0.717) is 19.7 Å². The Kier molecular flexibility index (Phi) is 5.98. The number of benzene rings is 1. The number of morpholine rings is 1. The van der Waals surface area contributed by atoms with E-state index in [-0.39, 0.29) is 11.6 Å². The summed E-state index contributed by atoms with van der Waals surface area (Å²) < 4.78 is 31.7. The quantitative estimate of drug-likeness (QED) is 0.594. The van der Waals surface area contributed by atoms with Gasteiger partial charge in [-0.15, -0.1) is 11.3 Å². The van der Waals surface area contributed by atoms with Gasteiger partial charge < -0.3 is 9.64 Å². The van der Waals surface area contributed by atoms with Crippen molar-refractivity contribution in [1.82, 2.24) is 19.4 Å². The summed E-state index contributed by atoms with van der Waals surface area (Å²) in [5, 5.41) is 10.6. The maximum atomic E-state index is 12.0. The highest BCUT2D eigenvalue weighted by Gasteiger charge is 2.38. The zero-order valence-corrected chi connectivity index (χ0v) is 21.0. The Labute approximate surface area is 199 Å². The molecule has 2 fully saturated rings. The molecule has 0 spiro atoms. The first-order valence-electron chi connectivity index (χ1n) is 11.3. The highest BCUT2D eigenvalue weighted by molar-refractivity contribution is 7.88. The van der Waals surface area contributed by atoms with E-state index in [1.54, 1.807) is 15.6 Å². The molecule has 3 aromatic rings. The van der Waals surface area contributed by atoms with Gasteiger partial charge in [-0.2, -0.15) is 9.40 Å². The predicted octanol–water partition coefficient (Wildman–Crippen LogP) is 2.85. The fourth-order valence-corrected chi connectivity index (χ4v) is 6.82. The van der Waals surface area contributed by atoms with Gasteiger partial charge in [0, 0.05) is 71.7 Å². The molecule has 5 rings (SSSR count). The highest BCUT2D eigenvalue weighted by Crippen LogP contribution is 2.36. The number of rotatable bonds is 5. The Morgan fingerprint density at radius 1 is 1.27 bits per heavy atom. The second-order valence-electron chi connectivity index (χ2n) is 9.60. The van der Waals surface area contributed by atoms with Crippen molar-refractivity contribution in [3.8, 4) is 10.4 Å². The van der Waals surface area contributed by atoms with Crippen LogP contribution >= 0.6 is 11.3 Å². The fraction of sp³-hybridized carbons (Fsp3) is 0.522. The molecule has 1 atom stereocenters. The molecule has 1 aromatic carbocycles. The molecule has 0 saturated carbocycles. The molecule has 8 nitrogen and oxygen atoms in total. The van der Waals surface area contributed by atoms with Crippen molar-refractivity contribution in [2.75, 3.05) is 57.0 Å². The van der Waals surface area contributed by atoms with Gasteiger partial charge >= 0.3 is 0 Å². The maximum absolute atomic E-state index is 12.0. The third-order valence-electron chi connectivity index (χ3n) is 6.77. The Balaban J connectivity index is 1.27. The molecule has 1 N–H and O–H groups in total. The average molecular weight is 490 g/mol. The molecule has 2 aliphatic heterocycles. The first kappa shape index (κ1) is 22.8. The van der Waals surface area contributed by atoms with Crippen LogP contribution in [-0.2, 0) is 14.8 Å². The molecule has 2 saturated heterocycles. The van der Waals surface area contributed by atoms with E-state index in [2.05, 4.69) is 57.4 Å². The number of fused-ring (bicyclic) bond motifs is 1. The highest BCUT2D eigenvalue weighted by atomic mass is 32.2. The summed E-state index contributed by atoms with van der Waals surface area (Å²) in [7, 11) is -3.17. The summed E-state index contributed by atoms with van der Waals surface area (Å²) in [6.07, 6.45) is 3.27. The average Bonchev–Trinajstić information content (AvgIpc) is 3.44. The first-order chi connectivity index (χ1) is 15.7. The summed E-state index contributed by atoms with van der Waals surface area (Å²) in [6, 6.07) is 8.52. The molecule has 4 heterocycles. The summed E-state index contributed by atoms with van der Waals surface area (Å²) in [5.41, 5.74) is 3.25. The van der Waals surface area contributed by atoms with Gasteiger partial charge in [0.15, 0.2) is 0 Å². The molecule has 178 valence electrons. The van der Waals surface area contributed by atoms with E-state index in [4.69, 9.17) is 4.74 Å². The van der Waals surface area contributed by atoms with Gasteiger partial charge in [-0.3, -0.25) is 10.00 Å². The number of hydrogen-bond acceptors (Lipinski definition) is 7. The molecule has 0 amide bonds. The van der Waals surface area contributed by atoms with Gasteiger partial charge in [0.25, 0.3) is 0 Å². The van der Waals surface area contributed by atoms with Crippen LogP contribution in [0.25, 0.3) is 21.3 Å². The van der Waals surface area contributed by atoms with Gasteiger partial charge in [0.1, 0.15) is 0 Å². The van der Waals surface area contributed by atoms with Crippen molar-refractivity contribution in [1.29, 1.82) is 0 Å². The fourth-order valence-electron chi connectivity index (χ4n) is 4.89. The number of H-pyrrole nitrogens is 1. The van der Waals surface area contributed by atoms with Crippen LogP contribution in [-0.4, -0.2) is 91.6 Å². The second kappa shape index (κ2) is 8.66. The minimum Gasteiger partial charge on any atom is -0.373 e. The minimum atomic E-state index is -3.17. The zero-order valence-electron chi connectivity index (χ0n) is 19.3. The van der Waals surface area contributed by atoms with Gasteiger partial charge in [-0.05, 0) is 26.0 Å². The summed E-state index contributed by atoms with van der Waals surface area (Å²) in [4.78, 5) is 6.02. The van der Waals surface area contributed by atoms with E-state index in [1.165, 1.54) is 22.4 Å². The molecule has 0 aliphatic carbocycles. The van der Waals surface area contributed by atoms with E-state index in [0.717, 1.165) is 37.1 Å². The first-order valence-corrected chi connectivity index (χ1v) is 14.0. The number of nitrogens with zero attached hydrogens (tertiary/aromatic N) is 4. The lowest BCUT2D eigenvalue weighted by molar-refractivity contribution is -0.0259. The number of ether oxygens (including phenoxy) is 1. The number of thiophene rings is 1. The maximum Gasteiger partial charge on any atom is 0.211 e. The van der Waals surface area contributed by atoms with Gasteiger partial charge in [-0.1, -0.05) is 12.1 Å². The van der Waals surface area contributed by atoms with Crippen LogP contribution in [0.15, 0.2) is 35.8 Å². The van der Waals surface area contributed by atoms with Crippen LogP contribution in [0.5, 0.6) is 0 Å². The normalized spacial score (nSPS) is 22.8. The van der Waals surface area contributed by atoms with Crippen molar-refractivity contribution < 1.29 is 13.2 Å². The van der Waals surface area contributed by atoms with E-state index >= 15 is 0 Å². The Morgan fingerprint density at radius 2 is 2.12 bits per heavy atom. The van der Waals surface area contributed by atoms with Crippen molar-refractivity contribution in [2.24, 2.45) is 0 Å². The minimum absolute atomic E-state index is 0.0865. The molecule has 33 heavy (non-hydrogen) atoms. The SMILES string of the molecule is CC1(C)CN(S(C)(=O)=O)CCN1CC1CN(c2csc(-c3cccc4[nH]ncc34)c2)CCO1. The van der Waals surface area contributed by atoms with E-state index in [1.807, 2.05) is 12.3 Å². The molecule has 0 radical (unpaired) electrons. The molecule has 2 aromatic heterocycles. The number of hydrogen-bond donors (Lipinski definition) is 1. The Morgan fingerprint density at radius 3 is 2.91 bits per heavy atom. The van der Waals surface area contributed by atoms with Crippen molar-refractivity contribution in [3.05, 3.63) is 35.8 Å². The smallest absolute Gasteiger partial charge is 0.211 e. The Hall–Kier alpha value is -1.98. The monoisotopic (exact) mass is 489 g/mol. The van der Waals surface area contributed by atoms with Crippen LogP contribution in [0.3, 0.4) is 0 Å². The zero-order chi connectivity index (χ0) is 23.2. The predicted molar refractivity (Wildman–Crippen MR) is 133 cm³/mol. The van der Waals surface area contributed by atoms with Crippen LogP contribution in [0.2, 0.25) is 0 Å². The standard InChI is InChI=1S/C23H31N5O3S2/c1-23(2)16-28(33(3,29)30)8-7-27(23)14-18-13-26(9-10-31-18)17-11-22(32-15-17)19-5-4-6-21-20(19)12-24-25-21/h4-6,11-12,15,18H,7-10,13-14,16H2,1-3H3,(H,24,25). The number of aromatic amines is 1. The third kappa shape index (κ3) is 4.67. The van der Waals surface area contributed by atoms with E-state index < -0.39 is 10.0 Å². The van der Waals surface area contributed by atoms with Crippen LogP contribution < -0.4 is 4.90 Å². The molecule has 10 heteroatoms. The van der Waals surface area contributed by atoms with Gasteiger partial charge in [0.2, 0.25) is 10.0 Å². The van der Waals surface area contributed by atoms with E-state index in [9.17, 15) is 8.42 Å². The lowest BCUT2D eigenvalue weighted by Crippen LogP contribution is -2.62. The lowest BCUT2D eigenvalue weighted by atomic mass is 9.99. The molecule has 2 aliphatic rings. The van der Waals surface area contributed by atoms with Crippen molar-refractivity contribution >= 4 is 38.0 Å². The molecular formula is C23H31N5O3S2. The number of aromatic nitrogens is 2. The molecule has 1 unspecified atom stereocenters. The van der Waals surface area contributed by atoms with Crippen LogP contribution in [0.4, 0.5) is 5.69 Å². The Bertz CT molecular complexity index is 1240. The molecule has 0 bridgehead atoms. The third-order valence-corrected chi connectivity index (χ3v) is 8.97. The number of piperazine rings is 1. The van der Waals surface area contributed by atoms with Crippen molar-refractivity contribution in [2.45, 2.75) is 25.5 Å². The van der Waals surface area contributed by atoms with Crippen LogP contribution in [0.1, 0.15) is 13.8 Å². The number of anilines is 1. The van der Waals surface area contributed by atoms with Gasteiger partial charge in [0.05, 0.1) is 30.7 Å². The topological polar surface area (TPSA) is 81.8 Å². The summed E-state index contributed by atoms with van der Waals surface area (Å²) in [6.45, 7) is 9.18. The van der Waals surface area contributed by atoms with Crippen molar-refractivity contribution in [3.63, 3.8) is 0 Å². The summed E-state index contributed by atoms with van der Waals surface area (Å²) in [5.74, 6) is 0. The molecular weight excluding hydrogens is 458 g/mol. The number of nitrogens with one attached hydrogen (secondary N) is 1. The van der Waals surface area contributed by atoms with Crippen LogP contribution in [0, 0.1) is 0 Å². The largest absolute Gasteiger partial charge is 0.373 e. The lowest BCUT2D eigenvalue weighted by Gasteiger charge is -2.48. The van der Waals surface area contributed by atoms with Gasteiger partial charge in [-0.25, -0.2) is 8.42 Å².